The average Bonchev–Trinajstić information content (AvgIpc) is 3.05. The number of hydrogen-bond donors (Lipinski definition) is 3. The van der Waals surface area contributed by atoms with Crippen molar-refractivity contribution < 1.29 is 44.0 Å². The predicted molar refractivity (Wildman–Crippen MR) is 158 cm³/mol. The van der Waals surface area contributed by atoms with Gasteiger partial charge in [-0.25, -0.2) is 0 Å². The van der Waals surface area contributed by atoms with E-state index in [0.717, 1.165) is 5.57 Å². The van der Waals surface area contributed by atoms with Crippen LogP contribution in [0.25, 0.3) is 0 Å². The molecular weight excluding hydrogens is 552 g/mol. The van der Waals surface area contributed by atoms with Crippen molar-refractivity contribution in [3.63, 3.8) is 0 Å². The van der Waals surface area contributed by atoms with E-state index in [-0.39, 0.29) is 43.3 Å². The molecule has 0 aliphatic heterocycles. The van der Waals surface area contributed by atoms with E-state index in [9.17, 15) is 34.5 Å². The van der Waals surface area contributed by atoms with Crippen molar-refractivity contribution >= 4 is 23.5 Å². The van der Waals surface area contributed by atoms with Gasteiger partial charge >= 0.3 is 11.9 Å². The maximum absolute atomic E-state index is 14.5. The van der Waals surface area contributed by atoms with E-state index in [1.54, 1.807) is 13.8 Å². The van der Waals surface area contributed by atoms with E-state index in [1.165, 1.54) is 20.8 Å². The van der Waals surface area contributed by atoms with E-state index in [0.29, 0.717) is 12.8 Å². The fourth-order valence-corrected chi connectivity index (χ4v) is 10.2. The number of fused-ring (bicyclic) bond motifs is 5. The zero-order valence-electron chi connectivity index (χ0n) is 27.6. The Hall–Kier alpha value is -2.10. The summed E-state index contributed by atoms with van der Waals surface area (Å²) in [7, 11) is 0. The summed E-state index contributed by atoms with van der Waals surface area (Å²) >= 11 is 0. The van der Waals surface area contributed by atoms with E-state index in [4.69, 9.17) is 9.47 Å². The van der Waals surface area contributed by atoms with Crippen molar-refractivity contribution in [1.29, 1.82) is 0 Å². The summed E-state index contributed by atoms with van der Waals surface area (Å²) in [4.78, 5) is 51.5. The van der Waals surface area contributed by atoms with Crippen molar-refractivity contribution in [2.75, 3.05) is 0 Å². The Morgan fingerprint density at radius 1 is 0.977 bits per heavy atom. The van der Waals surface area contributed by atoms with E-state index in [1.807, 2.05) is 27.7 Å². The molecule has 0 aromatic heterocycles. The van der Waals surface area contributed by atoms with Crippen LogP contribution in [0.1, 0.15) is 108 Å². The standard InChI is InChI=1S/C34H52O9/c1-18(35)42-28-22(37)15-21-20(30(28,5)6)11-12-24-31(7)16-23(38)27(32(31,8)17-26(40)33(21,24)9)34(10,41)25(39)13-14-29(3,4)43-19(2)36/h11,21-24,27-28,37-38,41H,12-17H2,1-10H3/t21-,22+,23-,24+,27+,28-,31+,32-,33+,34+/m1/s1. The number of Topliss-reactive ketones (excluding diaryl/α,β-unsaturated/α-hetero) is 2. The number of carbonyl (C=O) groups is 4. The number of esters is 2. The van der Waals surface area contributed by atoms with Crippen LogP contribution in [0.5, 0.6) is 0 Å². The largest absolute Gasteiger partial charge is 0.460 e. The Morgan fingerprint density at radius 2 is 1.58 bits per heavy atom. The number of aliphatic hydroxyl groups is 3. The van der Waals surface area contributed by atoms with Gasteiger partial charge in [0.15, 0.2) is 5.78 Å². The number of rotatable bonds is 7. The summed E-state index contributed by atoms with van der Waals surface area (Å²) in [6.07, 6.45) is 0.844. The van der Waals surface area contributed by atoms with Gasteiger partial charge < -0.3 is 24.8 Å². The van der Waals surface area contributed by atoms with Crippen molar-refractivity contribution in [3.05, 3.63) is 11.6 Å². The van der Waals surface area contributed by atoms with Gasteiger partial charge in [0, 0.05) is 43.4 Å². The summed E-state index contributed by atoms with van der Waals surface area (Å²) in [6, 6.07) is 0. The van der Waals surface area contributed by atoms with Crippen LogP contribution in [-0.2, 0) is 28.7 Å². The highest BCUT2D eigenvalue weighted by Crippen LogP contribution is 2.74. The Morgan fingerprint density at radius 3 is 2.14 bits per heavy atom. The second-order valence-corrected chi connectivity index (χ2v) is 15.9. The molecule has 4 aliphatic rings. The van der Waals surface area contributed by atoms with Crippen LogP contribution in [-0.4, -0.2) is 68.3 Å². The molecule has 3 saturated carbocycles. The number of ether oxygens (including phenoxy) is 2. The van der Waals surface area contributed by atoms with Gasteiger partial charge in [-0.2, -0.15) is 0 Å². The summed E-state index contributed by atoms with van der Waals surface area (Å²) in [5.74, 6) is -2.74. The van der Waals surface area contributed by atoms with E-state index >= 15 is 0 Å². The van der Waals surface area contributed by atoms with Crippen LogP contribution in [0.3, 0.4) is 0 Å². The first-order valence-corrected chi connectivity index (χ1v) is 15.7. The lowest BCUT2D eigenvalue weighted by molar-refractivity contribution is -0.192. The number of aliphatic hydroxyl groups excluding tert-OH is 2. The Bertz CT molecular complexity index is 1230. The normalized spacial score (nSPS) is 41.6. The molecular formula is C34H52O9. The molecule has 3 N–H and O–H groups in total. The third kappa shape index (κ3) is 5.02. The van der Waals surface area contributed by atoms with Crippen LogP contribution >= 0.6 is 0 Å². The van der Waals surface area contributed by atoms with Crippen LogP contribution < -0.4 is 0 Å². The zero-order valence-corrected chi connectivity index (χ0v) is 27.6. The maximum Gasteiger partial charge on any atom is 0.303 e. The van der Waals surface area contributed by atoms with Crippen molar-refractivity contribution in [2.45, 2.75) is 137 Å². The highest BCUT2D eigenvalue weighted by molar-refractivity contribution is 5.90. The van der Waals surface area contributed by atoms with Crippen LogP contribution in [0.15, 0.2) is 11.6 Å². The average molecular weight is 605 g/mol. The smallest absolute Gasteiger partial charge is 0.303 e. The van der Waals surface area contributed by atoms with Gasteiger partial charge in [-0.3, -0.25) is 19.2 Å². The third-order valence-electron chi connectivity index (χ3n) is 12.4. The first-order valence-electron chi connectivity index (χ1n) is 15.7. The summed E-state index contributed by atoms with van der Waals surface area (Å²) < 4.78 is 10.9. The first-order chi connectivity index (χ1) is 19.5. The lowest BCUT2D eigenvalue weighted by atomic mass is 9.38. The fourth-order valence-electron chi connectivity index (χ4n) is 10.2. The molecule has 3 fully saturated rings. The molecule has 0 radical (unpaired) electrons. The molecule has 10 atom stereocenters. The Balaban J connectivity index is 1.70. The number of ketones is 2. The number of allylic oxidation sites excluding steroid dienone is 1. The minimum Gasteiger partial charge on any atom is -0.460 e. The minimum atomic E-state index is -1.91. The van der Waals surface area contributed by atoms with Gasteiger partial charge in [-0.05, 0) is 69.1 Å². The molecule has 9 heteroatoms. The molecule has 9 nitrogen and oxygen atoms in total. The van der Waals surface area contributed by atoms with Crippen LogP contribution in [0.4, 0.5) is 0 Å². The van der Waals surface area contributed by atoms with Gasteiger partial charge in [0.05, 0.1) is 12.2 Å². The summed E-state index contributed by atoms with van der Waals surface area (Å²) in [5.41, 5.74) is -4.82. The molecule has 0 bridgehead atoms. The molecule has 4 rings (SSSR count). The van der Waals surface area contributed by atoms with Crippen molar-refractivity contribution in [2.24, 2.45) is 39.4 Å². The van der Waals surface area contributed by atoms with Crippen molar-refractivity contribution in [3.8, 4) is 0 Å². The molecule has 0 unspecified atom stereocenters. The molecule has 242 valence electrons. The fraction of sp³-hybridized carbons (Fsp3) is 0.824. The molecule has 0 spiro atoms. The van der Waals surface area contributed by atoms with Gasteiger partial charge in [-0.15, -0.1) is 0 Å². The molecule has 0 heterocycles. The van der Waals surface area contributed by atoms with Crippen LogP contribution in [0, 0.1) is 39.4 Å². The highest BCUT2D eigenvalue weighted by Gasteiger charge is 2.74. The topological polar surface area (TPSA) is 147 Å². The molecule has 4 aliphatic carbocycles. The molecule has 43 heavy (non-hydrogen) atoms. The van der Waals surface area contributed by atoms with Crippen LogP contribution in [0.2, 0.25) is 0 Å². The molecule has 0 aromatic carbocycles. The second-order valence-electron chi connectivity index (χ2n) is 15.9. The Kier molecular flexibility index (Phi) is 8.23. The quantitative estimate of drug-likeness (QED) is 0.289. The second kappa shape index (κ2) is 10.5. The van der Waals surface area contributed by atoms with Gasteiger partial charge in [-0.1, -0.05) is 46.3 Å². The lowest BCUT2D eigenvalue weighted by Crippen LogP contribution is -2.66. The molecule has 0 aromatic rings. The van der Waals surface area contributed by atoms with E-state index in [2.05, 4.69) is 13.0 Å². The van der Waals surface area contributed by atoms with Gasteiger partial charge in [0.1, 0.15) is 23.1 Å². The maximum atomic E-state index is 14.5. The lowest BCUT2D eigenvalue weighted by Gasteiger charge is -2.65. The summed E-state index contributed by atoms with van der Waals surface area (Å²) in [6.45, 7) is 17.4. The summed E-state index contributed by atoms with van der Waals surface area (Å²) in [5, 5.41) is 34.7. The minimum absolute atomic E-state index is 0.000326. The number of carbonyl (C=O) groups excluding carboxylic acids is 4. The Labute approximate surface area is 255 Å². The third-order valence-corrected chi connectivity index (χ3v) is 12.4. The molecule has 0 saturated heterocycles. The van der Waals surface area contributed by atoms with Gasteiger partial charge in [0.2, 0.25) is 0 Å². The predicted octanol–water partition coefficient (Wildman–Crippen LogP) is 4.09. The van der Waals surface area contributed by atoms with Crippen molar-refractivity contribution in [1.82, 2.24) is 0 Å². The van der Waals surface area contributed by atoms with Gasteiger partial charge in [0.25, 0.3) is 0 Å². The first kappa shape index (κ1) is 33.8. The monoisotopic (exact) mass is 604 g/mol. The molecule has 0 amide bonds. The SMILES string of the molecule is CC(=O)O[C@@H]1[C@@H](O)C[C@@H]2C(=CC[C@@H]3[C@@]2(C)C(=O)C[C@]2(C)[C@@H]([C@@](C)(O)C(=O)CCC(C)(C)OC(C)=O)[C@H](O)C[C@@]32C)C1(C)C. The van der Waals surface area contributed by atoms with E-state index < -0.39 is 74.8 Å². The zero-order chi connectivity index (χ0) is 32.7. The highest BCUT2D eigenvalue weighted by atomic mass is 16.6. The number of hydrogen-bond acceptors (Lipinski definition) is 9.